The summed E-state index contributed by atoms with van der Waals surface area (Å²) in [6.07, 6.45) is 2.05. The van der Waals surface area contributed by atoms with E-state index in [1.165, 1.54) is 17.8 Å². The summed E-state index contributed by atoms with van der Waals surface area (Å²) in [4.78, 5) is 12.0. The van der Waals surface area contributed by atoms with Crippen molar-refractivity contribution in [3.05, 3.63) is 59.4 Å². The summed E-state index contributed by atoms with van der Waals surface area (Å²) in [7, 11) is 0. The number of rotatable bonds is 6. The molecule has 138 valence electrons. The number of nitrogens with one attached hydrogen (secondary N) is 1. The van der Waals surface area contributed by atoms with Crippen LogP contribution in [0.4, 0.5) is 4.39 Å². The summed E-state index contributed by atoms with van der Waals surface area (Å²) in [6, 6.07) is 13.9. The quantitative estimate of drug-likeness (QED) is 0.631. The monoisotopic (exact) mass is 402 g/mol. The second-order valence-electron chi connectivity index (χ2n) is 6.20. The van der Waals surface area contributed by atoms with E-state index in [1.54, 1.807) is 34.9 Å². The number of hydrogen-bond acceptors (Lipinski definition) is 4. The average Bonchev–Trinajstić information content (AvgIpc) is 3.38. The van der Waals surface area contributed by atoms with Gasteiger partial charge in [0.2, 0.25) is 5.91 Å². The molecule has 1 aliphatic rings. The first-order valence-corrected chi connectivity index (χ1v) is 9.87. The number of hydrogen-bond donors (Lipinski definition) is 1. The van der Waals surface area contributed by atoms with E-state index in [4.69, 9.17) is 11.6 Å². The van der Waals surface area contributed by atoms with E-state index in [9.17, 15) is 9.18 Å². The molecule has 3 aromatic rings. The first kappa shape index (κ1) is 18.0. The van der Waals surface area contributed by atoms with E-state index in [0.717, 1.165) is 12.8 Å². The fourth-order valence-corrected chi connectivity index (χ4v) is 3.63. The van der Waals surface area contributed by atoms with Crippen LogP contribution in [0.3, 0.4) is 0 Å². The highest BCUT2D eigenvalue weighted by molar-refractivity contribution is 7.99. The lowest BCUT2D eigenvalue weighted by atomic mass is 10.2. The molecule has 0 saturated heterocycles. The van der Waals surface area contributed by atoms with Gasteiger partial charge < -0.3 is 5.32 Å². The maximum absolute atomic E-state index is 14.5. The summed E-state index contributed by atoms with van der Waals surface area (Å²) in [6.45, 7) is 0. The summed E-state index contributed by atoms with van der Waals surface area (Å²) >= 11 is 7.53. The number of para-hydroxylation sites is 1. The van der Waals surface area contributed by atoms with Crippen LogP contribution in [0, 0.1) is 5.82 Å². The molecule has 0 bridgehead atoms. The molecule has 0 unspecified atom stereocenters. The molecule has 27 heavy (non-hydrogen) atoms. The third kappa shape index (κ3) is 3.99. The highest BCUT2D eigenvalue weighted by Crippen LogP contribution is 2.32. The SMILES string of the molecule is O=C(CSc1nnc(-c2ccccc2Cl)n1-c1ccccc1F)NC1CC1. The maximum Gasteiger partial charge on any atom is 0.230 e. The number of benzene rings is 2. The Labute approximate surface area is 164 Å². The summed E-state index contributed by atoms with van der Waals surface area (Å²) in [5.74, 6) is 0.140. The van der Waals surface area contributed by atoms with E-state index in [0.29, 0.717) is 33.3 Å². The van der Waals surface area contributed by atoms with E-state index >= 15 is 0 Å². The van der Waals surface area contributed by atoms with Crippen molar-refractivity contribution in [1.29, 1.82) is 0 Å². The third-order valence-electron chi connectivity index (χ3n) is 4.12. The minimum atomic E-state index is -0.408. The van der Waals surface area contributed by atoms with E-state index < -0.39 is 5.82 Å². The lowest BCUT2D eigenvalue weighted by Gasteiger charge is -2.12. The smallest absolute Gasteiger partial charge is 0.230 e. The predicted octanol–water partition coefficient (Wildman–Crippen LogP) is 4.10. The van der Waals surface area contributed by atoms with Crippen LogP contribution in [-0.4, -0.2) is 32.5 Å². The van der Waals surface area contributed by atoms with Gasteiger partial charge in [-0.2, -0.15) is 0 Å². The number of thioether (sulfide) groups is 1. The van der Waals surface area contributed by atoms with Gasteiger partial charge in [-0.3, -0.25) is 9.36 Å². The first-order chi connectivity index (χ1) is 13.1. The highest BCUT2D eigenvalue weighted by atomic mass is 35.5. The summed E-state index contributed by atoms with van der Waals surface area (Å²) in [5.41, 5.74) is 0.951. The number of aromatic nitrogens is 3. The Balaban J connectivity index is 1.72. The summed E-state index contributed by atoms with van der Waals surface area (Å²) in [5, 5.41) is 12.3. The number of halogens is 2. The molecular formula is C19H16ClFN4OS. The molecule has 1 amide bonds. The molecule has 4 rings (SSSR count). The number of carbonyl (C=O) groups excluding carboxylic acids is 1. The van der Waals surface area contributed by atoms with Crippen molar-refractivity contribution < 1.29 is 9.18 Å². The molecule has 0 radical (unpaired) electrons. The number of carbonyl (C=O) groups is 1. The van der Waals surface area contributed by atoms with Crippen molar-refractivity contribution in [2.24, 2.45) is 0 Å². The van der Waals surface area contributed by atoms with Crippen LogP contribution >= 0.6 is 23.4 Å². The Morgan fingerprint density at radius 1 is 1.19 bits per heavy atom. The molecule has 5 nitrogen and oxygen atoms in total. The second-order valence-corrected chi connectivity index (χ2v) is 7.55. The Kier molecular flexibility index (Phi) is 5.13. The molecular weight excluding hydrogens is 387 g/mol. The van der Waals surface area contributed by atoms with Gasteiger partial charge in [-0.25, -0.2) is 4.39 Å². The van der Waals surface area contributed by atoms with Crippen molar-refractivity contribution in [2.75, 3.05) is 5.75 Å². The zero-order valence-corrected chi connectivity index (χ0v) is 15.8. The predicted molar refractivity (Wildman–Crippen MR) is 104 cm³/mol. The van der Waals surface area contributed by atoms with E-state index in [1.807, 2.05) is 12.1 Å². The van der Waals surface area contributed by atoms with Gasteiger partial charge in [-0.05, 0) is 37.1 Å². The van der Waals surface area contributed by atoms with Gasteiger partial charge in [0.05, 0.1) is 16.5 Å². The number of amides is 1. The molecule has 1 saturated carbocycles. The average molecular weight is 403 g/mol. The highest BCUT2D eigenvalue weighted by Gasteiger charge is 2.24. The van der Waals surface area contributed by atoms with E-state index in [2.05, 4.69) is 15.5 Å². The third-order valence-corrected chi connectivity index (χ3v) is 5.37. The van der Waals surface area contributed by atoms with Crippen molar-refractivity contribution in [1.82, 2.24) is 20.1 Å². The lowest BCUT2D eigenvalue weighted by molar-refractivity contribution is -0.118. The van der Waals surface area contributed by atoms with Crippen LogP contribution in [0.15, 0.2) is 53.7 Å². The van der Waals surface area contributed by atoms with Gasteiger partial charge in [0, 0.05) is 11.6 Å². The Morgan fingerprint density at radius 3 is 2.67 bits per heavy atom. The van der Waals surface area contributed by atoms with Crippen LogP contribution in [0.25, 0.3) is 17.1 Å². The Bertz CT molecular complexity index is 989. The van der Waals surface area contributed by atoms with Crippen molar-refractivity contribution in [2.45, 2.75) is 24.0 Å². The largest absolute Gasteiger partial charge is 0.353 e. The van der Waals surface area contributed by atoms with Gasteiger partial charge >= 0.3 is 0 Å². The van der Waals surface area contributed by atoms with Gasteiger partial charge in [0.25, 0.3) is 0 Å². The van der Waals surface area contributed by atoms with Crippen LogP contribution < -0.4 is 5.32 Å². The topological polar surface area (TPSA) is 59.8 Å². The fraction of sp³-hybridized carbons (Fsp3) is 0.211. The zero-order valence-electron chi connectivity index (χ0n) is 14.2. The van der Waals surface area contributed by atoms with Gasteiger partial charge in [0.1, 0.15) is 5.82 Å². The van der Waals surface area contributed by atoms with E-state index in [-0.39, 0.29) is 11.7 Å². The van der Waals surface area contributed by atoms with Gasteiger partial charge in [-0.15, -0.1) is 10.2 Å². The normalized spacial score (nSPS) is 13.6. The maximum atomic E-state index is 14.5. The second kappa shape index (κ2) is 7.70. The Morgan fingerprint density at radius 2 is 1.93 bits per heavy atom. The van der Waals surface area contributed by atoms with Crippen molar-refractivity contribution >= 4 is 29.3 Å². The molecule has 2 aromatic carbocycles. The summed E-state index contributed by atoms with van der Waals surface area (Å²) < 4.78 is 16.1. The molecule has 1 aromatic heterocycles. The van der Waals surface area contributed by atoms with Crippen LogP contribution in [0.2, 0.25) is 5.02 Å². The van der Waals surface area contributed by atoms with Crippen molar-refractivity contribution in [3.63, 3.8) is 0 Å². The minimum Gasteiger partial charge on any atom is -0.353 e. The molecule has 1 N–H and O–H groups in total. The molecule has 1 aliphatic carbocycles. The molecule has 1 heterocycles. The van der Waals surface area contributed by atoms with Gasteiger partial charge in [0.15, 0.2) is 11.0 Å². The molecule has 1 fully saturated rings. The molecule has 0 spiro atoms. The molecule has 0 aliphatic heterocycles. The van der Waals surface area contributed by atoms with Crippen LogP contribution in [0.1, 0.15) is 12.8 Å². The molecule has 0 atom stereocenters. The van der Waals surface area contributed by atoms with Crippen molar-refractivity contribution in [3.8, 4) is 17.1 Å². The first-order valence-electron chi connectivity index (χ1n) is 8.51. The molecule has 8 heteroatoms. The Hall–Kier alpha value is -2.38. The van der Waals surface area contributed by atoms with Crippen LogP contribution in [0.5, 0.6) is 0 Å². The lowest BCUT2D eigenvalue weighted by Crippen LogP contribution is -2.27. The minimum absolute atomic E-state index is 0.0649. The fourth-order valence-electron chi connectivity index (χ4n) is 2.66. The zero-order chi connectivity index (χ0) is 18.8. The van der Waals surface area contributed by atoms with Gasteiger partial charge in [-0.1, -0.05) is 47.6 Å². The standard InChI is InChI=1S/C19H16ClFN4OS/c20-14-6-2-1-5-13(14)18-23-24-19(27-11-17(26)22-12-9-10-12)25(18)16-8-4-3-7-15(16)21/h1-8,12H,9-11H2,(H,22,26). The van der Waals surface area contributed by atoms with Crippen LogP contribution in [-0.2, 0) is 4.79 Å². The number of nitrogens with zero attached hydrogens (tertiary/aromatic N) is 3.